The molecule has 21 heavy (non-hydrogen) atoms. The van der Waals surface area contributed by atoms with Gasteiger partial charge in [-0.1, -0.05) is 60.2 Å². The number of carbonyl (C=O) groups excluding carboxylic acids is 1. The van der Waals surface area contributed by atoms with Crippen molar-refractivity contribution in [1.29, 1.82) is 0 Å². The van der Waals surface area contributed by atoms with E-state index in [2.05, 4.69) is 42.6 Å². The average Bonchev–Trinajstić information content (AvgIpc) is 2.77. The van der Waals surface area contributed by atoms with Crippen LogP contribution in [0.15, 0.2) is 54.6 Å². The molecule has 2 aromatic carbocycles. The first-order chi connectivity index (χ1) is 10.1. The van der Waals surface area contributed by atoms with E-state index in [9.17, 15) is 4.79 Å². The number of benzene rings is 2. The highest BCUT2D eigenvalue weighted by atomic mass is 16.2. The maximum Gasteiger partial charge on any atom is 0.241 e. The number of nitrogens with one attached hydrogen (secondary N) is 1. The van der Waals surface area contributed by atoms with Crippen molar-refractivity contribution in [2.45, 2.75) is 25.6 Å². The van der Waals surface area contributed by atoms with Gasteiger partial charge in [-0.05, 0) is 24.5 Å². The van der Waals surface area contributed by atoms with Gasteiger partial charge in [-0.25, -0.2) is 0 Å². The van der Waals surface area contributed by atoms with E-state index < -0.39 is 0 Å². The van der Waals surface area contributed by atoms with Crippen molar-refractivity contribution in [3.05, 3.63) is 71.3 Å². The van der Waals surface area contributed by atoms with Gasteiger partial charge in [0.2, 0.25) is 5.91 Å². The third-order valence-corrected chi connectivity index (χ3v) is 4.03. The Morgan fingerprint density at radius 3 is 2.57 bits per heavy atom. The first kappa shape index (κ1) is 13.8. The van der Waals surface area contributed by atoms with Crippen LogP contribution in [0.5, 0.6) is 0 Å². The number of carbonyl (C=O) groups is 1. The third kappa shape index (κ3) is 2.83. The van der Waals surface area contributed by atoms with Crippen LogP contribution in [0.1, 0.15) is 22.9 Å². The van der Waals surface area contributed by atoms with Gasteiger partial charge in [0.15, 0.2) is 0 Å². The molecule has 1 N–H and O–H groups in total. The summed E-state index contributed by atoms with van der Waals surface area (Å²) in [6, 6.07) is 18.3. The summed E-state index contributed by atoms with van der Waals surface area (Å²) in [6.45, 7) is 2.07. The predicted octanol–water partition coefficient (Wildman–Crippen LogP) is 2.67. The summed E-state index contributed by atoms with van der Waals surface area (Å²) in [5.41, 5.74) is 3.53. The van der Waals surface area contributed by atoms with Crippen LogP contribution in [-0.4, -0.2) is 23.9 Å². The molecule has 0 saturated carbocycles. The molecule has 2 unspecified atom stereocenters. The number of nitrogens with zero attached hydrogens (tertiary/aromatic N) is 1. The Bertz CT molecular complexity index is 639. The summed E-state index contributed by atoms with van der Waals surface area (Å²) in [5.74, 6) is 0.158. The van der Waals surface area contributed by atoms with Gasteiger partial charge in [-0.3, -0.25) is 10.1 Å². The molecule has 3 nitrogen and oxygen atoms in total. The Hall–Kier alpha value is -2.13. The minimum Gasteiger partial charge on any atom is -0.325 e. The number of hydrogen-bond donors (Lipinski definition) is 1. The smallest absolute Gasteiger partial charge is 0.241 e. The molecular formula is C18H20N2O. The molecule has 1 fully saturated rings. The second kappa shape index (κ2) is 5.70. The molecule has 0 radical (unpaired) electrons. The molecule has 108 valence electrons. The van der Waals surface area contributed by atoms with Gasteiger partial charge in [-0.15, -0.1) is 0 Å². The lowest BCUT2D eigenvalue weighted by atomic mass is 10.1. The molecule has 2 atom stereocenters. The van der Waals surface area contributed by atoms with E-state index >= 15 is 0 Å². The summed E-state index contributed by atoms with van der Waals surface area (Å²) in [7, 11) is 1.87. The van der Waals surface area contributed by atoms with E-state index in [1.54, 1.807) is 0 Å². The van der Waals surface area contributed by atoms with E-state index in [1.807, 2.05) is 36.2 Å². The zero-order chi connectivity index (χ0) is 14.8. The van der Waals surface area contributed by atoms with Gasteiger partial charge in [0.05, 0.1) is 6.04 Å². The van der Waals surface area contributed by atoms with Crippen molar-refractivity contribution < 1.29 is 4.79 Å². The quantitative estimate of drug-likeness (QED) is 0.937. The minimum atomic E-state index is -0.150. The maximum absolute atomic E-state index is 12.4. The Kier molecular flexibility index (Phi) is 3.76. The van der Waals surface area contributed by atoms with Crippen LogP contribution in [0.25, 0.3) is 0 Å². The van der Waals surface area contributed by atoms with Crippen molar-refractivity contribution >= 4 is 5.91 Å². The molecule has 1 aliphatic heterocycles. The van der Waals surface area contributed by atoms with Gasteiger partial charge >= 0.3 is 0 Å². The molecule has 1 aliphatic rings. The molecule has 0 aliphatic carbocycles. The van der Waals surface area contributed by atoms with Crippen LogP contribution in [-0.2, 0) is 11.2 Å². The molecule has 3 rings (SSSR count). The second-order valence-corrected chi connectivity index (χ2v) is 5.67. The van der Waals surface area contributed by atoms with Crippen LogP contribution >= 0.6 is 0 Å². The molecule has 0 spiro atoms. The lowest BCUT2D eigenvalue weighted by Crippen LogP contribution is -2.31. The van der Waals surface area contributed by atoms with Crippen LogP contribution in [0.3, 0.4) is 0 Å². The zero-order valence-electron chi connectivity index (χ0n) is 12.4. The van der Waals surface area contributed by atoms with E-state index in [-0.39, 0.29) is 18.1 Å². The Balaban J connectivity index is 1.79. The summed E-state index contributed by atoms with van der Waals surface area (Å²) < 4.78 is 0. The number of rotatable bonds is 3. The van der Waals surface area contributed by atoms with Crippen LogP contribution in [0.4, 0.5) is 0 Å². The molecule has 1 amide bonds. The van der Waals surface area contributed by atoms with E-state index in [1.165, 1.54) is 11.1 Å². The SMILES string of the molecule is Cc1cccc(C2NC(Cc3ccccc3)C(=O)N2C)c1. The van der Waals surface area contributed by atoms with Gasteiger partial charge < -0.3 is 4.90 Å². The highest BCUT2D eigenvalue weighted by Crippen LogP contribution is 2.25. The summed E-state index contributed by atoms with van der Waals surface area (Å²) in [4.78, 5) is 14.2. The van der Waals surface area contributed by atoms with Crippen LogP contribution in [0.2, 0.25) is 0 Å². The molecule has 0 bridgehead atoms. The van der Waals surface area contributed by atoms with Crippen molar-refractivity contribution in [2.75, 3.05) is 7.05 Å². The maximum atomic E-state index is 12.4. The van der Waals surface area contributed by atoms with Crippen molar-refractivity contribution in [1.82, 2.24) is 10.2 Å². The lowest BCUT2D eigenvalue weighted by molar-refractivity contribution is -0.128. The standard InChI is InChI=1S/C18H20N2O/c1-13-7-6-10-15(11-13)17-19-16(18(21)20(17)2)12-14-8-4-3-5-9-14/h3-11,16-17,19H,12H2,1-2H3. The molecule has 0 aromatic heterocycles. The van der Waals surface area contributed by atoms with E-state index in [4.69, 9.17) is 0 Å². The number of hydrogen-bond acceptors (Lipinski definition) is 2. The van der Waals surface area contributed by atoms with Crippen molar-refractivity contribution in [2.24, 2.45) is 0 Å². The number of likely N-dealkylation sites (N-methyl/N-ethyl adjacent to an activating group) is 1. The fourth-order valence-corrected chi connectivity index (χ4v) is 2.90. The summed E-state index contributed by atoms with van der Waals surface area (Å²) in [5, 5.41) is 3.46. The highest BCUT2D eigenvalue weighted by molar-refractivity contribution is 5.84. The summed E-state index contributed by atoms with van der Waals surface area (Å²) in [6.07, 6.45) is 0.692. The fraction of sp³-hybridized carbons (Fsp3) is 0.278. The third-order valence-electron chi connectivity index (χ3n) is 4.03. The van der Waals surface area contributed by atoms with Gasteiger partial charge in [0.25, 0.3) is 0 Å². The second-order valence-electron chi connectivity index (χ2n) is 5.67. The molecule has 3 heteroatoms. The highest BCUT2D eigenvalue weighted by Gasteiger charge is 2.37. The first-order valence-electron chi connectivity index (χ1n) is 7.28. The van der Waals surface area contributed by atoms with Crippen LogP contribution < -0.4 is 5.32 Å². The summed E-state index contributed by atoms with van der Waals surface area (Å²) >= 11 is 0. The number of amides is 1. The molecular weight excluding hydrogens is 260 g/mol. The van der Waals surface area contributed by atoms with Gasteiger partial charge in [0, 0.05) is 7.05 Å². The molecule has 2 aromatic rings. The Morgan fingerprint density at radius 1 is 1.10 bits per heavy atom. The normalized spacial score (nSPS) is 21.8. The van der Waals surface area contributed by atoms with Crippen molar-refractivity contribution in [3.63, 3.8) is 0 Å². The largest absolute Gasteiger partial charge is 0.325 e. The molecule has 1 saturated heterocycles. The number of aryl methyl sites for hydroxylation is 1. The van der Waals surface area contributed by atoms with E-state index in [0.29, 0.717) is 0 Å². The predicted molar refractivity (Wildman–Crippen MR) is 83.8 cm³/mol. The van der Waals surface area contributed by atoms with Gasteiger partial charge in [0.1, 0.15) is 6.17 Å². The lowest BCUT2D eigenvalue weighted by Gasteiger charge is -2.20. The van der Waals surface area contributed by atoms with Gasteiger partial charge in [-0.2, -0.15) is 0 Å². The Labute approximate surface area is 125 Å². The van der Waals surface area contributed by atoms with E-state index in [0.717, 1.165) is 12.0 Å². The zero-order valence-corrected chi connectivity index (χ0v) is 12.4. The first-order valence-corrected chi connectivity index (χ1v) is 7.28. The minimum absolute atomic E-state index is 0.0360. The van der Waals surface area contributed by atoms with Crippen molar-refractivity contribution in [3.8, 4) is 0 Å². The van der Waals surface area contributed by atoms with Crippen LogP contribution in [0, 0.1) is 6.92 Å². The topological polar surface area (TPSA) is 32.3 Å². The Morgan fingerprint density at radius 2 is 1.86 bits per heavy atom. The fourth-order valence-electron chi connectivity index (χ4n) is 2.90. The molecule has 1 heterocycles. The monoisotopic (exact) mass is 280 g/mol. The average molecular weight is 280 g/mol.